The van der Waals surface area contributed by atoms with Crippen molar-refractivity contribution in [1.29, 1.82) is 0 Å². The van der Waals surface area contributed by atoms with Crippen molar-refractivity contribution in [2.45, 2.75) is 6.54 Å². The van der Waals surface area contributed by atoms with Crippen LogP contribution in [0.3, 0.4) is 0 Å². The lowest BCUT2D eigenvalue weighted by Crippen LogP contribution is -2.24. The van der Waals surface area contributed by atoms with E-state index in [1.165, 1.54) is 0 Å². The van der Waals surface area contributed by atoms with Crippen LogP contribution in [0.15, 0.2) is 109 Å². The van der Waals surface area contributed by atoms with Crippen molar-refractivity contribution in [3.05, 3.63) is 120 Å². The van der Waals surface area contributed by atoms with Crippen LogP contribution in [0.5, 0.6) is 11.5 Å². The molecule has 0 unspecified atom stereocenters. The molecule has 0 saturated carbocycles. The summed E-state index contributed by atoms with van der Waals surface area (Å²) in [6.07, 6.45) is 0. The second-order valence-electron chi connectivity index (χ2n) is 8.16. The molecule has 4 aromatic rings. The Bertz CT molecular complexity index is 1300. The highest BCUT2D eigenvalue weighted by Gasteiger charge is 2.10. The molecule has 0 fully saturated rings. The molecule has 188 valence electrons. The number of anilines is 2. The Hall–Kier alpha value is -4.78. The number of benzene rings is 4. The van der Waals surface area contributed by atoms with Gasteiger partial charge >= 0.3 is 0 Å². The van der Waals surface area contributed by atoms with Crippen molar-refractivity contribution >= 4 is 23.2 Å². The number of amides is 2. The Morgan fingerprint density at radius 1 is 0.703 bits per heavy atom. The molecule has 0 aromatic heterocycles. The van der Waals surface area contributed by atoms with Gasteiger partial charge in [0.05, 0.1) is 12.2 Å². The van der Waals surface area contributed by atoms with Gasteiger partial charge in [0.2, 0.25) is 5.91 Å². The third kappa shape index (κ3) is 8.14. The van der Waals surface area contributed by atoms with Gasteiger partial charge in [-0.25, -0.2) is 0 Å². The number of carbonyl (C=O) groups excluding carboxylic acids is 2. The molecule has 0 radical (unpaired) electrons. The standard InChI is InChI=1S/C30H29N3O4/c34-29(33-27-16-7-8-17-28(27)37-19-18-36-26-14-5-2-6-15-26)22-31-25-13-9-12-24(20-25)30(35)32-21-23-10-3-1-4-11-23/h1-17,20,31H,18-19,21-22H2,(H,32,35)(H,33,34). The van der Waals surface area contributed by atoms with Gasteiger partial charge in [0.25, 0.3) is 5.91 Å². The average Bonchev–Trinajstić information content (AvgIpc) is 2.95. The van der Waals surface area contributed by atoms with Gasteiger partial charge in [-0.2, -0.15) is 0 Å². The van der Waals surface area contributed by atoms with Crippen molar-refractivity contribution < 1.29 is 19.1 Å². The van der Waals surface area contributed by atoms with Crippen molar-refractivity contribution in [2.24, 2.45) is 0 Å². The van der Waals surface area contributed by atoms with E-state index in [0.717, 1.165) is 11.3 Å². The van der Waals surface area contributed by atoms with E-state index in [1.807, 2.05) is 78.9 Å². The number of hydrogen-bond donors (Lipinski definition) is 3. The lowest BCUT2D eigenvalue weighted by atomic mass is 10.1. The first-order valence-corrected chi connectivity index (χ1v) is 12.0. The lowest BCUT2D eigenvalue weighted by molar-refractivity contribution is -0.114. The van der Waals surface area contributed by atoms with Gasteiger partial charge in [0.15, 0.2) is 0 Å². The van der Waals surface area contributed by atoms with E-state index in [-0.39, 0.29) is 18.4 Å². The first-order chi connectivity index (χ1) is 18.2. The molecule has 0 atom stereocenters. The fraction of sp³-hybridized carbons (Fsp3) is 0.133. The molecule has 7 nitrogen and oxygen atoms in total. The Balaban J connectivity index is 1.24. The third-order valence-corrected chi connectivity index (χ3v) is 5.39. The Morgan fingerprint density at radius 2 is 1.41 bits per heavy atom. The van der Waals surface area contributed by atoms with Crippen molar-refractivity contribution in [3.63, 3.8) is 0 Å². The molecule has 0 aliphatic rings. The zero-order valence-electron chi connectivity index (χ0n) is 20.4. The molecule has 37 heavy (non-hydrogen) atoms. The molecule has 2 amide bonds. The van der Waals surface area contributed by atoms with E-state index >= 15 is 0 Å². The molecular formula is C30H29N3O4. The topological polar surface area (TPSA) is 88.7 Å². The Labute approximate surface area is 216 Å². The first kappa shape index (κ1) is 25.3. The molecule has 4 aromatic carbocycles. The Kier molecular flexibility index (Phi) is 9.13. The van der Waals surface area contributed by atoms with E-state index in [1.54, 1.807) is 30.3 Å². The van der Waals surface area contributed by atoms with Crippen LogP contribution in [-0.2, 0) is 11.3 Å². The van der Waals surface area contributed by atoms with E-state index in [2.05, 4.69) is 16.0 Å². The van der Waals surface area contributed by atoms with Crippen molar-refractivity contribution in [2.75, 3.05) is 30.4 Å². The third-order valence-electron chi connectivity index (χ3n) is 5.39. The highest BCUT2D eigenvalue weighted by atomic mass is 16.5. The van der Waals surface area contributed by atoms with Gasteiger partial charge in [0, 0.05) is 17.8 Å². The summed E-state index contributed by atoms with van der Waals surface area (Å²) >= 11 is 0. The number of ether oxygens (including phenoxy) is 2. The van der Waals surface area contributed by atoms with E-state index < -0.39 is 0 Å². The number of hydrogen-bond acceptors (Lipinski definition) is 5. The quantitative estimate of drug-likeness (QED) is 0.237. The van der Waals surface area contributed by atoms with Gasteiger partial charge in [-0.3, -0.25) is 9.59 Å². The smallest absolute Gasteiger partial charge is 0.251 e. The monoisotopic (exact) mass is 495 g/mol. The number of rotatable bonds is 12. The summed E-state index contributed by atoms with van der Waals surface area (Å²) in [6, 6.07) is 33.5. The second-order valence-corrected chi connectivity index (χ2v) is 8.16. The minimum atomic E-state index is -0.240. The zero-order valence-corrected chi connectivity index (χ0v) is 20.4. The van der Waals surface area contributed by atoms with Gasteiger partial charge in [-0.05, 0) is 48.0 Å². The molecule has 0 aliphatic carbocycles. The molecule has 3 N–H and O–H groups in total. The van der Waals surface area contributed by atoms with Crippen molar-refractivity contribution in [1.82, 2.24) is 5.32 Å². The maximum absolute atomic E-state index is 12.6. The summed E-state index contributed by atoms with van der Waals surface area (Å²) in [6.45, 7) is 1.18. The predicted octanol–water partition coefficient (Wildman–Crippen LogP) is 5.13. The van der Waals surface area contributed by atoms with Crippen LogP contribution in [0.4, 0.5) is 11.4 Å². The highest BCUT2D eigenvalue weighted by Crippen LogP contribution is 2.23. The number of nitrogens with one attached hydrogen (secondary N) is 3. The van der Waals surface area contributed by atoms with Gasteiger partial charge in [-0.1, -0.05) is 66.7 Å². The predicted molar refractivity (Wildman–Crippen MR) is 145 cm³/mol. The summed E-state index contributed by atoms with van der Waals surface area (Å²) < 4.78 is 11.5. The fourth-order valence-corrected chi connectivity index (χ4v) is 3.55. The van der Waals surface area contributed by atoms with Crippen LogP contribution < -0.4 is 25.4 Å². The number of para-hydroxylation sites is 3. The van der Waals surface area contributed by atoms with Crippen LogP contribution >= 0.6 is 0 Å². The van der Waals surface area contributed by atoms with Crippen molar-refractivity contribution in [3.8, 4) is 11.5 Å². The highest BCUT2D eigenvalue weighted by molar-refractivity contribution is 5.96. The molecule has 0 spiro atoms. The fourth-order valence-electron chi connectivity index (χ4n) is 3.55. The first-order valence-electron chi connectivity index (χ1n) is 12.0. The molecule has 0 heterocycles. The summed E-state index contributed by atoms with van der Waals surface area (Å²) in [5.41, 5.74) is 2.78. The molecule has 4 rings (SSSR count). The zero-order chi connectivity index (χ0) is 25.7. The van der Waals surface area contributed by atoms with Gasteiger partial charge < -0.3 is 25.4 Å². The van der Waals surface area contributed by atoms with Crippen LogP contribution in [0.1, 0.15) is 15.9 Å². The van der Waals surface area contributed by atoms with E-state index in [4.69, 9.17) is 9.47 Å². The van der Waals surface area contributed by atoms with Gasteiger partial charge in [-0.15, -0.1) is 0 Å². The van der Waals surface area contributed by atoms with E-state index in [9.17, 15) is 9.59 Å². The van der Waals surface area contributed by atoms with Gasteiger partial charge in [0.1, 0.15) is 24.7 Å². The lowest BCUT2D eigenvalue weighted by Gasteiger charge is -2.14. The molecule has 0 bridgehead atoms. The molecule has 0 aliphatic heterocycles. The summed E-state index contributed by atoms with van der Waals surface area (Å²) in [5, 5.41) is 8.85. The largest absolute Gasteiger partial charge is 0.490 e. The summed E-state index contributed by atoms with van der Waals surface area (Å²) in [4.78, 5) is 25.1. The summed E-state index contributed by atoms with van der Waals surface area (Å²) in [7, 11) is 0. The Morgan fingerprint density at radius 3 is 2.22 bits per heavy atom. The molecule has 7 heteroatoms. The van der Waals surface area contributed by atoms with Crippen LogP contribution in [0, 0.1) is 0 Å². The van der Waals surface area contributed by atoms with Crippen LogP contribution in [0.2, 0.25) is 0 Å². The normalized spacial score (nSPS) is 10.3. The minimum absolute atomic E-state index is 0.0283. The van der Waals surface area contributed by atoms with E-state index in [0.29, 0.717) is 42.4 Å². The molecule has 0 saturated heterocycles. The minimum Gasteiger partial charge on any atom is -0.490 e. The summed E-state index contributed by atoms with van der Waals surface area (Å²) in [5.74, 6) is 0.913. The SMILES string of the molecule is O=C(CNc1cccc(C(=O)NCc2ccccc2)c1)Nc1ccccc1OCCOc1ccccc1. The second kappa shape index (κ2) is 13.3. The number of carbonyl (C=O) groups is 2. The van der Waals surface area contributed by atoms with Crippen LogP contribution in [-0.4, -0.2) is 31.6 Å². The maximum Gasteiger partial charge on any atom is 0.251 e. The van der Waals surface area contributed by atoms with Crippen LogP contribution in [0.25, 0.3) is 0 Å². The maximum atomic E-state index is 12.6. The average molecular weight is 496 g/mol. The molecular weight excluding hydrogens is 466 g/mol.